The summed E-state index contributed by atoms with van der Waals surface area (Å²) in [6.07, 6.45) is 2.04. The van der Waals surface area contributed by atoms with Gasteiger partial charge in [-0.25, -0.2) is 0 Å². The minimum Gasteiger partial charge on any atom is -0.484 e. The van der Waals surface area contributed by atoms with E-state index < -0.39 is 4.92 Å². The van der Waals surface area contributed by atoms with E-state index in [9.17, 15) is 19.7 Å². The van der Waals surface area contributed by atoms with Crippen molar-refractivity contribution in [1.29, 1.82) is 0 Å². The van der Waals surface area contributed by atoms with Gasteiger partial charge >= 0.3 is 0 Å². The van der Waals surface area contributed by atoms with E-state index in [-0.39, 0.29) is 24.1 Å². The molecule has 0 atom stereocenters. The van der Waals surface area contributed by atoms with Gasteiger partial charge in [0.2, 0.25) is 0 Å². The maximum atomic E-state index is 12.5. The molecule has 8 heteroatoms. The summed E-state index contributed by atoms with van der Waals surface area (Å²) in [6.45, 7) is 3.52. The number of likely N-dealkylation sites (tertiary alicyclic amines) is 1. The summed E-state index contributed by atoms with van der Waals surface area (Å²) in [7, 11) is 0. The number of carbonyl (C=O) groups excluding carboxylic acids is 2. The van der Waals surface area contributed by atoms with Gasteiger partial charge in [-0.2, -0.15) is 0 Å². The third-order valence-corrected chi connectivity index (χ3v) is 4.90. The highest BCUT2D eigenvalue weighted by Crippen LogP contribution is 2.20. The lowest BCUT2D eigenvalue weighted by molar-refractivity contribution is -0.384. The Kier molecular flexibility index (Phi) is 6.43. The number of amides is 2. The van der Waals surface area contributed by atoms with Gasteiger partial charge in [0.1, 0.15) is 5.75 Å². The third kappa shape index (κ3) is 5.54. The fourth-order valence-electron chi connectivity index (χ4n) is 3.10. The van der Waals surface area contributed by atoms with Crippen molar-refractivity contribution < 1.29 is 19.2 Å². The third-order valence-electron chi connectivity index (χ3n) is 4.90. The van der Waals surface area contributed by atoms with E-state index in [1.54, 1.807) is 24.3 Å². The van der Waals surface area contributed by atoms with Gasteiger partial charge in [-0.1, -0.05) is 6.92 Å². The molecule has 2 amide bonds. The van der Waals surface area contributed by atoms with E-state index in [4.69, 9.17) is 4.74 Å². The number of nitrogens with zero attached hydrogens (tertiary/aromatic N) is 2. The average molecular weight is 397 g/mol. The maximum absolute atomic E-state index is 12.5. The van der Waals surface area contributed by atoms with Crippen LogP contribution in [0.2, 0.25) is 0 Å². The summed E-state index contributed by atoms with van der Waals surface area (Å²) in [6, 6.07) is 12.3. The van der Waals surface area contributed by atoms with Crippen molar-refractivity contribution in [3.8, 4) is 5.75 Å². The summed E-state index contributed by atoms with van der Waals surface area (Å²) in [5.74, 6) is 0.663. The summed E-state index contributed by atoms with van der Waals surface area (Å²) in [5.41, 5.74) is 1.11. The standard InChI is InChI=1S/C21H23N3O5/c1-15-10-12-23(13-11-15)21(26)16-2-4-17(5-3-16)22-20(25)14-29-19-8-6-18(7-9-19)24(27)28/h2-9,15H,10-14H2,1H3,(H,22,25). The van der Waals surface area contributed by atoms with Crippen molar-refractivity contribution in [1.82, 2.24) is 4.90 Å². The molecular weight excluding hydrogens is 374 g/mol. The predicted molar refractivity (Wildman–Crippen MR) is 108 cm³/mol. The molecule has 3 rings (SSSR count). The molecule has 0 aromatic heterocycles. The first-order chi connectivity index (χ1) is 13.9. The predicted octanol–water partition coefficient (Wildman–Crippen LogP) is 3.48. The first-order valence-corrected chi connectivity index (χ1v) is 9.49. The summed E-state index contributed by atoms with van der Waals surface area (Å²) >= 11 is 0. The second-order valence-corrected chi connectivity index (χ2v) is 7.14. The number of ether oxygens (including phenoxy) is 1. The topological polar surface area (TPSA) is 102 Å². The van der Waals surface area contributed by atoms with E-state index >= 15 is 0 Å². The number of hydrogen-bond acceptors (Lipinski definition) is 5. The lowest BCUT2D eigenvalue weighted by Gasteiger charge is -2.30. The Labute approximate surface area is 168 Å². The lowest BCUT2D eigenvalue weighted by atomic mass is 9.98. The molecule has 0 unspecified atom stereocenters. The van der Waals surface area contributed by atoms with Crippen molar-refractivity contribution in [2.45, 2.75) is 19.8 Å². The number of anilines is 1. The number of nitro benzene ring substituents is 1. The SMILES string of the molecule is CC1CCN(C(=O)c2ccc(NC(=O)COc3ccc([N+](=O)[O-])cc3)cc2)CC1. The second-order valence-electron chi connectivity index (χ2n) is 7.14. The molecule has 1 saturated heterocycles. The van der Waals surface area contributed by atoms with Crippen molar-refractivity contribution >= 4 is 23.2 Å². The molecule has 0 spiro atoms. The number of non-ortho nitro benzene ring substituents is 1. The Morgan fingerprint density at radius 2 is 1.72 bits per heavy atom. The molecule has 29 heavy (non-hydrogen) atoms. The Bertz CT molecular complexity index is 872. The molecule has 1 aliphatic heterocycles. The Hall–Kier alpha value is -3.42. The molecule has 0 bridgehead atoms. The molecule has 8 nitrogen and oxygen atoms in total. The summed E-state index contributed by atoms with van der Waals surface area (Å²) in [5, 5.41) is 13.3. The number of benzene rings is 2. The van der Waals surface area contributed by atoms with E-state index in [1.807, 2.05) is 4.90 Å². The van der Waals surface area contributed by atoms with Crippen LogP contribution in [0.1, 0.15) is 30.1 Å². The maximum Gasteiger partial charge on any atom is 0.269 e. The van der Waals surface area contributed by atoms with Gasteiger partial charge in [-0.05, 0) is 55.2 Å². The highest BCUT2D eigenvalue weighted by Gasteiger charge is 2.21. The fourth-order valence-corrected chi connectivity index (χ4v) is 3.10. The van der Waals surface area contributed by atoms with E-state index in [1.165, 1.54) is 24.3 Å². The fraction of sp³-hybridized carbons (Fsp3) is 0.333. The molecular formula is C21H23N3O5. The van der Waals surface area contributed by atoms with Crippen molar-refractivity contribution in [2.75, 3.05) is 25.0 Å². The van der Waals surface area contributed by atoms with Gasteiger partial charge in [0.15, 0.2) is 6.61 Å². The Morgan fingerprint density at radius 3 is 2.31 bits per heavy atom. The number of piperidine rings is 1. The second kappa shape index (κ2) is 9.18. The van der Waals surface area contributed by atoms with Crippen LogP contribution < -0.4 is 10.1 Å². The van der Waals surface area contributed by atoms with Gasteiger partial charge in [-0.15, -0.1) is 0 Å². The van der Waals surface area contributed by atoms with Crippen LogP contribution >= 0.6 is 0 Å². The minimum atomic E-state index is -0.503. The zero-order chi connectivity index (χ0) is 20.8. The van der Waals surface area contributed by atoms with Crippen LogP contribution in [0.25, 0.3) is 0 Å². The Balaban J connectivity index is 1.49. The average Bonchev–Trinajstić information content (AvgIpc) is 2.73. The van der Waals surface area contributed by atoms with Crippen LogP contribution in [0.5, 0.6) is 5.75 Å². The first-order valence-electron chi connectivity index (χ1n) is 9.49. The molecule has 2 aromatic rings. The zero-order valence-corrected chi connectivity index (χ0v) is 16.2. The van der Waals surface area contributed by atoms with E-state index in [2.05, 4.69) is 12.2 Å². The van der Waals surface area contributed by atoms with Gasteiger partial charge in [0.25, 0.3) is 17.5 Å². The van der Waals surface area contributed by atoms with Crippen LogP contribution in [-0.2, 0) is 4.79 Å². The normalized spacial score (nSPS) is 14.3. The quantitative estimate of drug-likeness (QED) is 0.594. The summed E-state index contributed by atoms with van der Waals surface area (Å²) in [4.78, 5) is 36.6. The first kappa shape index (κ1) is 20.3. The van der Waals surface area contributed by atoms with Crippen LogP contribution in [0.3, 0.4) is 0 Å². The number of hydrogen-bond donors (Lipinski definition) is 1. The number of carbonyl (C=O) groups is 2. The molecule has 1 heterocycles. The Morgan fingerprint density at radius 1 is 1.10 bits per heavy atom. The lowest BCUT2D eigenvalue weighted by Crippen LogP contribution is -2.37. The van der Waals surface area contributed by atoms with Crippen molar-refractivity contribution in [3.63, 3.8) is 0 Å². The molecule has 1 N–H and O–H groups in total. The van der Waals surface area contributed by atoms with E-state index in [0.29, 0.717) is 22.9 Å². The highest BCUT2D eigenvalue weighted by atomic mass is 16.6. The molecule has 152 valence electrons. The van der Waals surface area contributed by atoms with Crippen molar-refractivity contribution in [2.24, 2.45) is 5.92 Å². The molecule has 0 saturated carbocycles. The molecule has 0 aliphatic carbocycles. The van der Waals surface area contributed by atoms with Crippen LogP contribution in [0.4, 0.5) is 11.4 Å². The van der Waals surface area contributed by atoms with Crippen molar-refractivity contribution in [3.05, 3.63) is 64.2 Å². The number of nitro groups is 1. The minimum absolute atomic E-state index is 0.0104. The monoisotopic (exact) mass is 397 g/mol. The highest BCUT2D eigenvalue weighted by molar-refractivity contribution is 5.96. The van der Waals surface area contributed by atoms with Crippen LogP contribution in [0, 0.1) is 16.0 Å². The summed E-state index contributed by atoms with van der Waals surface area (Å²) < 4.78 is 5.33. The van der Waals surface area contributed by atoms with Gasteiger partial charge in [0, 0.05) is 36.5 Å². The van der Waals surface area contributed by atoms with Crippen LogP contribution in [-0.4, -0.2) is 41.3 Å². The molecule has 1 aliphatic rings. The number of nitrogens with one attached hydrogen (secondary N) is 1. The molecule has 1 fully saturated rings. The van der Waals surface area contributed by atoms with Gasteiger partial charge < -0.3 is 15.0 Å². The smallest absolute Gasteiger partial charge is 0.269 e. The molecule has 2 aromatic carbocycles. The van der Waals surface area contributed by atoms with E-state index in [0.717, 1.165) is 25.9 Å². The van der Waals surface area contributed by atoms with Gasteiger partial charge in [-0.3, -0.25) is 19.7 Å². The largest absolute Gasteiger partial charge is 0.484 e. The number of rotatable bonds is 6. The van der Waals surface area contributed by atoms with Gasteiger partial charge in [0.05, 0.1) is 4.92 Å². The molecule has 0 radical (unpaired) electrons. The van der Waals surface area contributed by atoms with Crippen LogP contribution in [0.15, 0.2) is 48.5 Å². The zero-order valence-electron chi connectivity index (χ0n) is 16.2.